The second kappa shape index (κ2) is 16.6. The van der Waals surface area contributed by atoms with E-state index in [4.69, 9.17) is 4.74 Å². The van der Waals surface area contributed by atoms with Crippen molar-refractivity contribution in [1.82, 2.24) is 26.4 Å². The van der Waals surface area contributed by atoms with E-state index in [1.807, 2.05) is 75.4 Å². The summed E-state index contributed by atoms with van der Waals surface area (Å²) in [5.74, 6) is -1.79. The molecule has 0 bridgehead atoms. The van der Waals surface area contributed by atoms with Crippen LogP contribution in [-0.2, 0) is 32.1 Å². The quantitative estimate of drug-likeness (QED) is 0.193. The van der Waals surface area contributed by atoms with Crippen molar-refractivity contribution in [2.75, 3.05) is 20.7 Å². The molecule has 0 heterocycles. The van der Waals surface area contributed by atoms with Gasteiger partial charge in [0.25, 0.3) is 11.8 Å². The zero-order valence-corrected chi connectivity index (χ0v) is 28.2. The maximum Gasteiger partial charge on any atom is 0.407 e. The Kier molecular flexibility index (Phi) is 13.8. The molecule has 0 fully saturated rings. The van der Waals surface area contributed by atoms with Gasteiger partial charge in [-0.15, -0.1) is 0 Å². The number of nitrogens with zero attached hydrogens (tertiary/aromatic N) is 1. The first kappa shape index (κ1) is 36.7. The minimum atomic E-state index is -1.93. The molecule has 0 radical (unpaired) electrons. The molecule has 4 amide bonds. The molecule has 44 heavy (non-hydrogen) atoms. The number of carbonyl (C=O) groups excluding carboxylic acids is 4. The Labute approximate surface area is 268 Å². The lowest BCUT2D eigenvalue weighted by molar-refractivity contribution is -0.144. The predicted octanol–water partition coefficient (Wildman–Crippen LogP) is 3.30. The Morgan fingerprint density at radius 3 is 2.07 bits per heavy atom. The molecule has 2 rings (SSSR count). The number of aliphatic hydroxyl groups is 1. The first-order chi connectivity index (χ1) is 20.6. The number of nitrogens with one attached hydrogen (secondary N) is 4. The van der Waals surface area contributed by atoms with Gasteiger partial charge in [-0.2, -0.15) is 0 Å². The van der Waals surface area contributed by atoms with Crippen LogP contribution in [0.1, 0.15) is 52.2 Å². The minimum Gasteiger partial charge on any atom is -0.453 e. The number of ether oxygens (including phenoxy) is 1. The van der Waals surface area contributed by atoms with E-state index in [0.29, 0.717) is 0 Å². The number of methoxy groups -OCH3 is 1. The van der Waals surface area contributed by atoms with E-state index in [1.165, 1.54) is 14.2 Å². The lowest BCUT2D eigenvalue weighted by Gasteiger charge is -2.35. The van der Waals surface area contributed by atoms with Gasteiger partial charge in [-0.05, 0) is 34.6 Å². The zero-order valence-electron chi connectivity index (χ0n) is 26.6. The van der Waals surface area contributed by atoms with Gasteiger partial charge in [-0.25, -0.2) is 9.80 Å². The van der Waals surface area contributed by atoms with Gasteiger partial charge in [-0.1, -0.05) is 93.0 Å². The second-order valence-electron chi connectivity index (χ2n) is 12.2. The van der Waals surface area contributed by atoms with Gasteiger partial charge in [0.1, 0.15) is 17.7 Å². The standard InChI is InChI=1S/C32H46BrN5O6/c1-21(2)25(27(39)34-6)35-29(41)32(43,19-22-11-9-8-10-12-22)17-18-38(20-23-13-15-24(33)16-14-23)37-28(40)26(31(3,4)5)36-30(42)44-7/h8-16,21,25-26,43H,17-20H2,1-7H3,(H,34,39)(H,35,41)(H,36,42)(H,37,40)/t25-,26+,32-/m0/s1. The minimum absolute atomic E-state index is 0.0210. The maximum atomic E-state index is 13.7. The number of amides is 4. The Morgan fingerprint density at radius 2 is 1.55 bits per heavy atom. The average Bonchev–Trinajstić information content (AvgIpc) is 2.97. The van der Waals surface area contributed by atoms with Gasteiger partial charge >= 0.3 is 6.09 Å². The van der Waals surface area contributed by atoms with Crippen LogP contribution in [0.3, 0.4) is 0 Å². The summed E-state index contributed by atoms with van der Waals surface area (Å²) in [6.45, 7) is 9.34. The fraction of sp³-hybridized carbons (Fsp3) is 0.500. The fourth-order valence-electron chi connectivity index (χ4n) is 4.56. The second-order valence-corrected chi connectivity index (χ2v) is 13.1. The summed E-state index contributed by atoms with van der Waals surface area (Å²) in [5.41, 5.74) is 1.87. The molecule has 0 saturated carbocycles. The molecule has 5 N–H and O–H groups in total. The van der Waals surface area contributed by atoms with E-state index in [1.54, 1.807) is 18.9 Å². The van der Waals surface area contributed by atoms with Crippen LogP contribution in [0.5, 0.6) is 0 Å². The van der Waals surface area contributed by atoms with Gasteiger partial charge in [0.2, 0.25) is 5.91 Å². The molecule has 0 aromatic heterocycles. The van der Waals surface area contributed by atoms with Crippen molar-refractivity contribution in [2.45, 2.75) is 71.7 Å². The number of hydrogen-bond donors (Lipinski definition) is 5. The van der Waals surface area contributed by atoms with Gasteiger partial charge < -0.3 is 25.8 Å². The van der Waals surface area contributed by atoms with Gasteiger partial charge in [0.15, 0.2) is 0 Å². The van der Waals surface area contributed by atoms with E-state index >= 15 is 0 Å². The van der Waals surface area contributed by atoms with Gasteiger partial charge in [0, 0.05) is 37.5 Å². The molecule has 2 aromatic carbocycles. The molecule has 12 heteroatoms. The van der Waals surface area contributed by atoms with E-state index in [9.17, 15) is 24.3 Å². The highest BCUT2D eigenvalue weighted by Gasteiger charge is 2.40. The van der Waals surface area contributed by atoms with E-state index < -0.39 is 41.0 Å². The average molecular weight is 677 g/mol. The van der Waals surface area contributed by atoms with Crippen molar-refractivity contribution in [3.8, 4) is 0 Å². The summed E-state index contributed by atoms with van der Waals surface area (Å²) in [5, 5.41) is 21.4. The van der Waals surface area contributed by atoms with Crippen molar-refractivity contribution in [3.05, 3.63) is 70.2 Å². The van der Waals surface area contributed by atoms with Crippen molar-refractivity contribution < 1.29 is 29.0 Å². The fourth-order valence-corrected chi connectivity index (χ4v) is 4.82. The number of likely N-dealkylation sites (N-methyl/N-ethyl adjacent to an activating group) is 1. The number of carbonyl (C=O) groups is 4. The summed E-state index contributed by atoms with van der Waals surface area (Å²) < 4.78 is 5.62. The maximum absolute atomic E-state index is 13.7. The number of rotatable bonds is 14. The number of alkyl carbamates (subject to hydrolysis) is 1. The highest BCUT2D eigenvalue weighted by molar-refractivity contribution is 9.10. The summed E-state index contributed by atoms with van der Waals surface area (Å²) in [4.78, 5) is 51.9. The molecular weight excluding hydrogens is 630 g/mol. The Hall–Kier alpha value is -3.48. The van der Waals surface area contributed by atoms with Crippen LogP contribution in [0.4, 0.5) is 4.79 Å². The number of hydrazine groups is 1. The molecule has 242 valence electrons. The Balaban J connectivity index is 2.42. The van der Waals surface area contributed by atoms with Crippen LogP contribution in [-0.4, -0.2) is 72.3 Å². The molecule has 0 aliphatic heterocycles. The first-order valence-electron chi connectivity index (χ1n) is 14.5. The molecule has 0 aliphatic rings. The molecule has 3 atom stereocenters. The van der Waals surface area contributed by atoms with Crippen LogP contribution in [0, 0.1) is 11.3 Å². The summed E-state index contributed by atoms with van der Waals surface area (Å²) >= 11 is 3.43. The molecule has 2 aromatic rings. The lowest BCUT2D eigenvalue weighted by Crippen LogP contribution is -2.59. The summed E-state index contributed by atoms with van der Waals surface area (Å²) in [7, 11) is 2.71. The topological polar surface area (TPSA) is 149 Å². The largest absolute Gasteiger partial charge is 0.453 e. The van der Waals surface area contributed by atoms with Crippen LogP contribution < -0.4 is 21.4 Å². The van der Waals surface area contributed by atoms with Crippen molar-refractivity contribution >= 4 is 39.7 Å². The molecule has 0 aliphatic carbocycles. The van der Waals surface area contributed by atoms with Crippen LogP contribution in [0.15, 0.2) is 59.1 Å². The van der Waals surface area contributed by atoms with Crippen LogP contribution in [0.25, 0.3) is 0 Å². The third-order valence-electron chi connectivity index (χ3n) is 7.17. The lowest BCUT2D eigenvalue weighted by atomic mass is 9.86. The number of halogens is 1. The van der Waals surface area contributed by atoms with Crippen molar-refractivity contribution in [1.29, 1.82) is 0 Å². The Bertz CT molecular complexity index is 1250. The SMILES string of the molecule is CNC(=O)[C@@H](NC(=O)[C@](O)(CCN(Cc1ccc(Br)cc1)NC(=O)[C@@H](NC(=O)OC)C(C)(C)C)Cc1ccccc1)C(C)C. The predicted molar refractivity (Wildman–Crippen MR) is 172 cm³/mol. The molecule has 0 spiro atoms. The summed E-state index contributed by atoms with van der Waals surface area (Å²) in [6.07, 6.45) is -0.857. The monoisotopic (exact) mass is 675 g/mol. The highest BCUT2D eigenvalue weighted by Crippen LogP contribution is 2.23. The van der Waals surface area contributed by atoms with Gasteiger partial charge in [-0.3, -0.25) is 19.8 Å². The molecular formula is C32H46BrN5O6. The smallest absolute Gasteiger partial charge is 0.407 e. The normalized spacial score (nSPS) is 14.2. The molecule has 0 saturated heterocycles. The van der Waals surface area contributed by atoms with Crippen molar-refractivity contribution in [3.63, 3.8) is 0 Å². The van der Waals surface area contributed by atoms with Gasteiger partial charge in [0.05, 0.1) is 7.11 Å². The third kappa shape index (κ3) is 11.2. The molecule has 0 unspecified atom stereocenters. The van der Waals surface area contributed by atoms with E-state index in [0.717, 1.165) is 15.6 Å². The van der Waals surface area contributed by atoms with Crippen LogP contribution >= 0.6 is 15.9 Å². The molecule has 11 nitrogen and oxygen atoms in total. The third-order valence-corrected chi connectivity index (χ3v) is 7.70. The van der Waals surface area contributed by atoms with Crippen molar-refractivity contribution in [2.24, 2.45) is 11.3 Å². The van der Waals surface area contributed by atoms with E-state index in [2.05, 4.69) is 37.3 Å². The number of benzene rings is 2. The van der Waals surface area contributed by atoms with E-state index in [-0.39, 0.29) is 37.8 Å². The highest BCUT2D eigenvalue weighted by atomic mass is 79.9. The van der Waals surface area contributed by atoms with Crippen LogP contribution in [0.2, 0.25) is 0 Å². The zero-order chi connectivity index (χ0) is 33.1. The Morgan fingerprint density at radius 1 is 0.932 bits per heavy atom. The first-order valence-corrected chi connectivity index (χ1v) is 15.3. The number of hydrogen-bond acceptors (Lipinski definition) is 7. The summed E-state index contributed by atoms with van der Waals surface area (Å²) in [6, 6.07) is 14.8.